The largest absolute Gasteiger partial charge is 0.346 e. The van der Waals surface area contributed by atoms with E-state index < -0.39 is 12.3 Å². The number of amides is 1. The minimum absolute atomic E-state index is 0.119. The van der Waals surface area contributed by atoms with Crippen LogP contribution in [0.4, 0.5) is 8.78 Å². The second-order valence-corrected chi connectivity index (χ2v) is 2.96. The Morgan fingerprint density at radius 1 is 1.75 bits per heavy atom. The third kappa shape index (κ3) is 2.54. The first-order chi connectivity index (χ1) is 5.70. The number of nitrogens with one attached hydrogen (secondary N) is 1. The van der Waals surface area contributed by atoms with Gasteiger partial charge in [0.1, 0.15) is 0 Å². The summed E-state index contributed by atoms with van der Waals surface area (Å²) in [6.07, 6.45) is -1.42. The van der Waals surface area contributed by atoms with Crippen molar-refractivity contribution in [3.8, 4) is 0 Å². The van der Waals surface area contributed by atoms with E-state index in [2.05, 4.69) is 10.3 Å². The molecule has 3 nitrogen and oxygen atoms in total. The van der Waals surface area contributed by atoms with Crippen LogP contribution in [-0.4, -0.2) is 17.3 Å². The van der Waals surface area contributed by atoms with Crippen molar-refractivity contribution in [1.29, 1.82) is 0 Å². The van der Waals surface area contributed by atoms with E-state index in [1.807, 2.05) is 0 Å². The third-order valence-corrected chi connectivity index (χ3v) is 1.90. The van der Waals surface area contributed by atoms with Gasteiger partial charge < -0.3 is 5.32 Å². The molecule has 0 aliphatic rings. The topological polar surface area (TPSA) is 42.0 Å². The lowest BCUT2D eigenvalue weighted by Gasteiger charge is -2.00. The van der Waals surface area contributed by atoms with Crippen LogP contribution in [0.25, 0.3) is 0 Å². The molecule has 0 aliphatic heterocycles. The monoisotopic (exact) mass is 192 g/mol. The standard InChI is InChI=1S/C6H6F2N2OS/c7-5(8)6(11)10-2-4-1-9-3-12-4/h1,3,5H,2H2,(H,10,11). The molecule has 0 saturated carbocycles. The number of nitrogens with zero attached hydrogens (tertiary/aromatic N) is 1. The van der Waals surface area contributed by atoms with Crippen LogP contribution >= 0.6 is 11.3 Å². The van der Waals surface area contributed by atoms with Gasteiger partial charge in [-0.05, 0) is 0 Å². The van der Waals surface area contributed by atoms with Crippen LogP contribution in [-0.2, 0) is 11.3 Å². The smallest absolute Gasteiger partial charge is 0.315 e. The van der Waals surface area contributed by atoms with E-state index in [0.29, 0.717) is 0 Å². The van der Waals surface area contributed by atoms with E-state index in [-0.39, 0.29) is 6.54 Å². The van der Waals surface area contributed by atoms with Crippen molar-refractivity contribution >= 4 is 17.2 Å². The van der Waals surface area contributed by atoms with Gasteiger partial charge in [-0.1, -0.05) is 0 Å². The van der Waals surface area contributed by atoms with E-state index in [4.69, 9.17) is 0 Å². The Hall–Kier alpha value is -1.04. The molecule has 0 bridgehead atoms. The molecular weight excluding hydrogens is 186 g/mol. The number of carbonyl (C=O) groups is 1. The minimum atomic E-state index is -2.95. The summed E-state index contributed by atoms with van der Waals surface area (Å²) in [5, 5.41) is 2.07. The number of rotatable bonds is 3. The lowest BCUT2D eigenvalue weighted by atomic mass is 10.5. The number of halogens is 2. The zero-order chi connectivity index (χ0) is 8.97. The number of thiazole rings is 1. The van der Waals surface area contributed by atoms with Crippen molar-refractivity contribution in [2.75, 3.05) is 0 Å². The average molecular weight is 192 g/mol. The summed E-state index contributed by atoms with van der Waals surface area (Å²) in [5.74, 6) is -1.25. The molecule has 1 aromatic heterocycles. The summed E-state index contributed by atoms with van der Waals surface area (Å²) in [6.45, 7) is 0.119. The van der Waals surface area contributed by atoms with E-state index in [0.717, 1.165) is 4.88 Å². The molecule has 1 rings (SSSR count). The fraction of sp³-hybridized carbons (Fsp3) is 0.333. The van der Waals surface area contributed by atoms with Crippen LogP contribution in [0.1, 0.15) is 4.88 Å². The van der Waals surface area contributed by atoms with Crippen LogP contribution in [0.15, 0.2) is 11.7 Å². The molecule has 0 unspecified atom stereocenters. The summed E-state index contributed by atoms with van der Waals surface area (Å²) >= 11 is 1.31. The van der Waals surface area contributed by atoms with Gasteiger partial charge in [-0.2, -0.15) is 8.78 Å². The predicted molar refractivity (Wildman–Crippen MR) is 40.0 cm³/mol. The Morgan fingerprint density at radius 3 is 3.00 bits per heavy atom. The van der Waals surface area contributed by atoms with Crippen LogP contribution < -0.4 is 5.32 Å². The lowest BCUT2D eigenvalue weighted by Crippen LogP contribution is -2.28. The summed E-state index contributed by atoms with van der Waals surface area (Å²) in [5.41, 5.74) is 1.57. The first kappa shape index (κ1) is 9.05. The first-order valence-corrected chi connectivity index (χ1v) is 4.01. The molecule has 1 amide bonds. The molecule has 1 heterocycles. The maximum Gasteiger partial charge on any atom is 0.315 e. The SMILES string of the molecule is O=C(NCc1cncs1)C(F)F. The number of hydrogen-bond acceptors (Lipinski definition) is 3. The second kappa shape index (κ2) is 4.10. The first-order valence-electron chi connectivity index (χ1n) is 3.13. The Balaban J connectivity index is 2.32. The molecule has 1 N–H and O–H groups in total. The number of alkyl halides is 2. The Labute approximate surface area is 71.4 Å². The molecule has 1 aromatic rings. The van der Waals surface area contributed by atoms with Gasteiger partial charge in [0.05, 0.1) is 12.1 Å². The van der Waals surface area contributed by atoms with Crippen molar-refractivity contribution in [2.24, 2.45) is 0 Å². The zero-order valence-corrected chi connectivity index (χ0v) is 6.78. The van der Waals surface area contributed by atoms with Gasteiger partial charge in [-0.25, -0.2) is 0 Å². The Kier molecular flexibility index (Phi) is 3.09. The number of carbonyl (C=O) groups excluding carboxylic acids is 1. The molecule has 12 heavy (non-hydrogen) atoms. The van der Waals surface area contributed by atoms with Gasteiger partial charge in [-0.15, -0.1) is 11.3 Å². The molecule has 0 saturated heterocycles. The molecule has 6 heteroatoms. The predicted octanol–water partition coefficient (Wildman–Crippen LogP) is 1.02. The second-order valence-electron chi connectivity index (χ2n) is 1.99. The number of aromatic nitrogens is 1. The molecule has 0 spiro atoms. The van der Waals surface area contributed by atoms with Crippen LogP contribution in [0.3, 0.4) is 0 Å². The third-order valence-electron chi connectivity index (χ3n) is 1.12. The summed E-state index contributed by atoms with van der Waals surface area (Å²) in [6, 6.07) is 0. The minimum Gasteiger partial charge on any atom is -0.346 e. The summed E-state index contributed by atoms with van der Waals surface area (Å²) < 4.78 is 23.3. The Morgan fingerprint density at radius 2 is 2.50 bits per heavy atom. The zero-order valence-electron chi connectivity index (χ0n) is 5.96. The van der Waals surface area contributed by atoms with E-state index in [1.165, 1.54) is 17.5 Å². The van der Waals surface area contributed by atoms with Gasteiger partial charge >= 0.3 is 6.43 Å². The summed E-state index contributed by atoms with van der Waals surface area (Å²) in [7, 11) is 0. The van der Waals surface area contributed by atoms with Gasteiger partial charge in [0.15, 0.2) is 0 Å². The van der Waals surface area contributed by atoms with Crippen LogP contribution in [0, 0.1) is 0 Å². The Bertz CT molecular complexity index is 250. The van der Waals surface area contributed by atoms with Crippen LogP contribution in [0.5, 0.6) is 0 Å². The summed E-state index contributed by atoms with van der Waals surface area (Å²) in [4.78, 5) is 14.8. The quantitative estimate of drug-likeness (QED) is 0.777. The van der Waals surface area contributed by atoms with Crippen molar-refractivity contribution in [3.63, 3.8) is 0 Å². The van der Waals surface area contributed by atoms with Crippen LogP contribution in [0.2, 0.25) is 0 Å². The molecule has 0 aromatic carbocycles. The highest BCUT2D eigenvalue weighted by Crippen LogP contribution is 2.04. The highest BCUT2D eigenvalue weighted by Gasteiger charge is 2.13. The number of hydrogen-bond donors (Lipinski definition) is 1. The van der Waals surface area contributed by atoms with Gasteiger partial charge in [0.2, 0.25) is 0 Å². The molecular formula is C6H6F2N2OS. The maximum atomic E-state index is 11.6. The van der Waals surface area contributed by atoms with Gasteiger partial charge in [0, 0.05) is 11.1 Å². The van der Waals surface area contributed by atoms with E-state index in [9.17, 15) is 13.6 Å². The molecule has 0 aliphatic carbocycles. The fourth-order valence-electron chi connectivity index (χ4n) is 0.581. The highest BCUT2D eigenvalue weighted by molar-refractivity contribution is 7.09. The van der Waals surface area contributed by atoms with E-state index in [1.54, 1.807) is 5.51 Å². The fourth-order valence-corrected chi connectivity index (χ4v) is 1.12. The van der Waals surface area contributed by atoms with Crippen molar-refractivity contribution in [2.45, 2.75) is 13.0 Å². The normalized spacial score (nSPS) is 10.2. The van der Waals surface area contributed by atoms with E-state index >= 15 is 0 Å². The lowest BCUT2D eigenvalue weighted by molar-refractivity contribution is -0.131. The molecule has 0 atom stereocenters. The maximum absolute atomic E-state index is 11.6. The molecule has 0 radical (unpaired) electrons. The highest BCUT2D eigenvalue weighted by atomic mass is 32.1. The van der Waals surface area contributed by atoms with Crippen molar-refractivity contribution in [3.05, 3.63) is 16.6 Å². The van der Waals surface area contributed by atoms with Crippen molar-refractivity contribution in [1.82, 2.24) is 10.3 Å². The van der Waals surface area contributed by atoms with Crippen molar-refractivity contribution < 1.29 is 13.6 Å². The average Bonchev–Trinajstić information content (AvgIpc) is 2.51. The van der Waals surface area contributed by atoms with Gasteiger partial charge in [-0.3, -0.25) is 9.78 Å². The molecule has 0 fully saturated rings. The molecule has 66 valence electrons. The van der Waals surface area contributed by atoms with Gasteiger partial charge in [0.25, 0.3) is 5.91 Å².